The molecule has 6 heteroatoms. The Balaban J connectivity index is 1.81. The molecule has 3 aromatic heterocycles. The molecule has 0 fully saturated rings. The van der Waals surface area contributed by atoms with Crippen LogP contribution >= 0.6 is 0 Å². The zero-order valence-electron chi connectivity index (χ0n) is 11.8. The Kier molecular flexibility index (Phi) is 3.14. The molecule has 3 heterocycles. The first-order valence-corrected chi connectivity index (χ1v) is 6.70. The quantitative estimate of drug-likeness (QED) is 0.764. The van der Waals surface area contributed by atoms with Crippen LogP contribution in [0.25, 0.3) is 11.0 Å². The summed E-state index contributed by atoms with van der Waals surface area (Å²) >= 11 is 0. The Morgan fingerprint density at radius 2 is 2.15 bits per heavy atom. The van der Waals surface area contributed by atoms with E-state index in [9.17, 15) is 0 Å². The molecule has 2 unspecified atom stereocenters. The van der Waals surface area contributed by atoms with Crippen LogP contribution in [0.15, 0.2) is 31.0 Å². The molecule has 0 radical (unpaired) electrons. The second-order valence-corrected chi connectivity index (χ2v) is 5.13. The topological polar surface area (TPSA) is 71.4 Å². The second kappa shape index (κ2) is 4.96. The molecule has 3 aromatic rings. The summed E-state index contributed by atoms with van der Waals surface area (Å²) in [4.78, 5) is 11.6. The molecule has 0 aromatic carbocycles. The van der Waals surface area contributed by atoms with Crippen LogP contribution in [0.2, 0.25) is 0 Å². The molecule has 0 bridgehead atoms. The molecule has 0 spiro atoms. The summed E-state index contributed by atoms with van der Waals surface area (Å²) in [5.74, 6) is 0.847. The van der Waals surface area contributed by atoms with Crippen molar-refractivity contribution < 1.29 is 0 Å². The van der Waals surface area contributed by atoms with Gasteiger partial charge in [0.05, 0.1) is 17.6 Å². The van der Waals surface area contributed by atoms with E-state index in [1.807, 2.05) is 30.1 Å². The molecule has 0 aliphatic carbocycles. The van der Waals surface area contributed by atoms with Gasteiger partial charge in [-0.1, -0.05) is 0 Å². The molecule has 2 N–H and O–H groups in total. The van der Waals surface area contributed by atoms with E-state index >= 15 is 0 Å². The van der Waals surface area contributed by atoms with Gasteiger partial charge in [-0.2, -0.15) is 5.10 Å². The first kappa shape index (κ1) is 12.7. The minimum Gasteiger partial charge on any atom is -0.365 e. The molecule has 0 saturated heterocycles. The number of aryl methyl sites for hydroxylation is 1. The molecular weight excluding hydrogens is 252 g/mol. The molecule has 20 heavy (non-hydrogen) atoms. The summed E-state index contributed by atoms with van der Waals surface area (Å²) in [6.07, 6.45) is 7.36. The number of hydrogen-bond donors (Lipinski definition) is 2. The Morgan fingerprint density at radius 1 is 1.30 bits per heavy atom. The van der Waals surface area contributed by atoms with Gasteiger partial charge >= 0.3 is 0 Å². The van der Waals surface area contributed by atoms with Gasteiger partial charge in [0.1, 0.15) is 17.8 Å². The van der Waals surface area contributed by atoms with Crippen molar-refractivity contribution in [2.75, 3.05) is 5.32 Å². The first-order valence-electron chi connectivity index (χ1n) is 6.70. The van der Waals surface area contributed by atoms with Crippen LogP contribution in [0.5, 0.6) is 0 Å². The average molecular weight is 270 g/mol. The van der Waals surface area contributed by atoms with Crippen LogP contribution in [-0.4, -0.2) is 30.8 Å². The summed E-state index contributed by atoms with van der Waals surface area (Å²) in [6, 6.07) is 2.41. The average Bonchev–Trinajstić information content (AvgIpc) is 3.06. The zero-order valence-corrected chi connectivity index (χ0v) is 11.8. The highest BCUT2D eigenvalue weighted by atomic mass is 15.3. The van der Waals surface area contributed by atoms with Gasteiger partial charge < -0.3 is 10.3 Å². The standard InChI is InChI=1S/C14H18N6/c1-9-6-18-20(7-9)11(3)10(2)19-14-12-4-5-15-13(12)16-8-17-14/h4-8,10-11H,1-3H3,(H2,15,16,17,19). The largest absolute Gasteiger partial charge is 0.365 e. The number of rotatable bonds is 4. The van der Waals surface area contributed by atoms with Gasteiger partial charge in [-0.05, 0) is 32.4 Å². The van der Waals surface area contributed by atoms with E-state index in [-0.39, 0.29) is 12.1 Å². The third kappa shape index (κ3) is 2.24. The predicted octanol–water partition coefficient (Wildman–Crippen LogP) is 2.52. The molecule has 0 saturated carbocycles. The molecular formula is C14H18N6. The number of nitrogens with one attached hydrogen (secondary N) is 2. The van der Waals surface area contributed by atoms with Gasteiger partial charge in [0.25, 0.3) is 0 Å². The first-order chi connectivity index (χ1) is 9.65. The number of anilines is 1. The van der Waals surface area contributed by atoms with Crippen molar-refractivity contribution in [1.29, 1.82) is 0 Å². The van der Waals surface area contributed by atoms with Crippen molar-refractivity contribution in [2.45, 2.75) is 32.9 Å². The van der Waals surface area contributed by atoms with Crippen LogP contribution < -0.4 is 5.32 Å². The maximum absolute atomic E-state index is 4.37. The monoisotopic (exact) mass is 270 g/mol. The summed E-state index contributed by atoms with van der Waals surface area (Å²) in [7, 11) is 0. The summed E-state index contributed by atoms with van der Waals surface area (Å²) < 4.78 is 1.97. The lowest BCUT2D eigenvalue weighted by Crippen LogP contribution is -2.27. The van der Waals surface area contributed by atoms with Crippen LogP contribution in [-0.2, 0) is 0 Å². The van der Waals surface area contributed by atoms with Crippen molar-refractivity contribution in [3.8, 4) is 0 Å². The lowest BCUT2D eigenvalue weighted by molar-refractivity contribution is 0.443. The number of fused-ring (bicyclic) bond motifs is 1. The fourth-order valence-corrected chi connectivity index (χ4v) is 2.21. The SMILES string of the molecule is Cc1cnn(C(C)C(C)Nc2ncnc3[nH]ccc23)c1. The van der Waals surface area contributed by atoms with E-state index in [1.165, 1.54) is 5.56 Å². The summed E-state index contributed by atoms with van der Waals surface area (Å²) in [6.45, 7) is 6.31. The molecule has 3 rings (SSSR count). The zero-order chi connectivity index (χ0) is 14.1. The van der Waals surface area contributed by atoms with E-state index in [1.54, 1.807) is 6.33 Å². The smallest absolute Gasteiger partial charge is 0.142 e. The lowest BCUT2D eigenvalue weighted by atomic mass is 10.1. The molecule has 0 amide bonds. The second-order valence-electron chi connectivity index (χ2n) is 5.13. The van der Waals surface area contributed by atoms with E-state index in [2.05, 4.69) is 45.4 Å². The fraction of sp³-hybridized carbons (Fsp3) is 0.357. The van der Waals surface area contributed by atoms with Gasteiger partial charge in [0.2, 0.25) is 0 Å². The van der Waals surface area contributed by atoms with Crippen molar-refractivity contribution >= 4 is 16.9 Å². The third-order valence-corrected chi connectivity index (χ3v) is 3.59. The van der Waals surface area contributed by atoms with Crippen molar-refractivity contribution in [1.82, 2.24) is 24.7 Å². The Morgan fingerprint density at radius 3 is 2.90 bits per heavy atom. The van der Waals surface area contributed by atoms with Crippen LogP contribution in [0.4, 0.5) is 5.82 Å². The molecule has 6 nitrogen and oxygen atoms in total. The number of aromatic nitrogens is 5. The molecule has 2 atom stereocenters. The van der Waals surface area contributed by atoms with Crippen LogP contribution in [0.1, 0.15) is 25.5 Å². The fourth-order valence-electron chi connectivity index (χ4n) is 2.21. The van der Waals surface area contributed by atoms with Crippen LogP contribution in [0, 0.1) is 6.92 Å². The van der Waals surface area contributed by atoms with Gasteiger partial charge in [-0.3, -0.25) is 4.68 Å². The van der Waals surface area contributed by atoms with E-state index in [4.69, 9.17) is 0 Å². The summed E-state index contributed by atoms with van der Waals surface area (Å²) in [5, 5.41) is 8.82. The minimum atomic E-state index is 0.197. The minimum absolute atomic E-state index is 0.197. The predicted molar refractivity (Wildman–Crippen MR) is 78.6 cm³/mol. The van der Waals surface area contributed by atoms with Gasteiger partial charge in [-0.25, -0.2) is 9.97 Å². The maximum Gasteiger partial charge on any atom is 0.142 e. The highest BCUT2D eigenvalue weighted by molar-refractivity contribution is 5.86. The van der Waals surface area contributed by atoms with E-state index in [0.717, 1.165) is 16.9 Å². The van der Waals surface area contributed by atoms with Crippen molar-refractivity contribution in [3.63, 3.8) is 0 Å². The molecule has 0 aliphatic heterocycles. The highest BCUT2D eigenvalue weighted by Crippen LogP contribution is 2.21. The number of aromatic amines is 1. The van der Waals surface area contributed by atoms with E-state index in [0.29, 0.717) is 0 Å². The Hall–Kier alpha value is -2.37. The third-order valence-electron chi connectivity index (χ3n) is 3.59. The van der Waals surface area contributed by atoms with Gasteiger partial charge in [-0.15, -0.1) is 0 Å². The normalized spacial score (nSPS) is 14.3. The van der Waals surface area contributed by atoms with Crippen LogP contribution in [0.3, 0.4) is 0 Å². The number of hydrogen-bond acceptors (Lipinski definition) is 4. The van der Waals surface area contributed by atoms with Crippen molar-refractivity contribution in [2.24, 2.45) is 0 Å². The Bertz CT molecular complexity index is 713. The Labute approximate surface area is 117 Å². The number of nitrogens with zero attached hydrogens (tertiary/aromatic N) is 4. The maximum atomic E-state index is 4.37. The van der Waals surface area contributed by atoms with Crippen molar-refractivity contribution in [3.05, 3.63) is 36.5 Å². The van der Waals surface area contributed by atoms with Gasteiger partial charge in [0.15, 0.2) is 0 Å². The lowest BCUT2D eigenvalue weighted by Gasteiger charge is -2.22. The van der Waals surface area contributed by atoms with E-state index < -0.39 is 0 Å². The highest BCUT2D eigenvalue weighted by Gasteiger charge is 2.16. The summed E-state index contributed by atoms with van der Waals surface area (Å²) in [5.41, 5.74) is 2.01. The molecule has 104 valence electrons. The number of H-pyrrole nitrogens is 1. The van der Waals surface area contributed by atoms with Gasteiger partial charge in [0, 0.05) is 18.4 Å². The molecule has 0 aliphatic rings.